The minimum Gasteiger partial charge on any atom is -0.391 e. The van der Waals surface area contributed by atoms with Crippen LogP contribution in [-0.2, 0) is 0 Å². The molecule has 0 bridgehead atoms. The fourth-order valence-electron chi connectivity index (χ4n) is 1.62. The maximum absolute atomic E-state index is 9.85. The predicted molar refractivity (Wildman–Crippen MR) is 53.2 cm³/mol. The van der Waals surface area contributed by atoms with E-state index in [4.69, 9.17) is 0 Å². The molecule has 0 aromatic heterocycles. The zero-order chi connectivity index (χ0) is 9.56. The monoisotopic (exact) mass is 173 g/mol. The number of aliphatic hydroxyl groups excluding tert-OH is 1. The average molecular weight is 173 g/mol. The first-order chi connectivity index (χ1) is 5.67. The molecule has 0 aromatic rings. The largest absolute Gasteiger partial charge is 0.391 e. The van der Waals surface area contributed by atoms with Gasteiger partial charge in [-0.1, -0.05) is 33.6 Å². The predicted octanol–water partition coefficient (Wildman–Crippen LogP) is 1.78. The van der Waals surface area contributed by atoms with Crippen LogP contribution in [-0.4, -0.2) is 23.8 Å². The van der Waals surface area contributed by atoms with Crippen LogP contribution in [0.5, 0.6) is 0 Å². The Hall–Kier alpha value is -0.0800. The number of aliphatic hydroxyl groups is 1. The number of hydrogen-bond acceptors (Lipinski definition) is 2. The summed E-state index contributed by atoms with van der Waals surface area (Å²) in [5.74, 6) is 0.444. The molecule has 0 heterocycles. The molecule has 0 spiro atoms. The fraction of sp³-hybridized carbons (Fsp3) is 1.00. The molecule has 2 N–H and O–H groups in total. The molecule has 0 aliphatic heterocycles. The van der Waals surface area contributed by atoms with Crippen molar-refractivity contribution in [1.82, 2.24) is 5.32 Å². The van der Waals surface area contributed by atoms with E-state index in [1.807, 2.05) is 6.92 Å². The van der Waals surface area contributed by atoms with Crippen molar-refractivity contribution in [1.29, 1.82) is 0 Å². The second-order valence-corrected chi connectivity index (χ2v) is 3.41. The van der Waals surface area contributed by atoms with Crippen molar-refractivity contribution < 1.29 is 5.11 Å². The number of hydrogen-bond donors (Lipinski definition) is 2. The van der Waals surface area contributed by atoms with Gasteiger partial charge in [-0.3, -0.25) is 0 Å². The molecule has 0 saturated heterocycles. The van der Waals surface area contributed by atoms with Crippen molar-refractivity contribution in [3.8, 4) is 0 Å². The summed E-state index contributed by atoms with van der Waals surface area (Å²) in [7, 11) is 0. The lowest BCUT2D eigenvalue weighted by molar-refractivity contribution is 0.0709. The molecule has 74 valence electrons. The lowest BCUT2D eigenvalue weighted by atomic mass is 9.92. The summed E-state index contributed by atoms with van der Waals surface area (Å²) >= 11 is 0. The third-order valence-corrected chi connectivity index (χ3v) is 2.57. The van der Waals surface area contributed by atoms with Gasteiger partial charge in [0, 0.05) is 6.04 Å². The Morgan fingerprint density at radius 3 is 2.00 bits per heavy atom. The van der Waals surface area contributed by atoms with Gasteiger partial charge in [0.25, 0.3) is 0 Å². The van der Waals surface area contributed by atoms with Crippen LogP contribution in [0.25, 0.3) is 0 Å². The zero-order valence-corrected chi connectivity index (χ0v) is 8.80. The highest BCUT2D eigenvalue weighted by atomic mass is 16.3. The molecule has 0 amide bonds. The molecular weight excluding hydrogens is 150 g/mol. The Bertz CT molecular complexity index is 102. The van der Waals surface area contributed by atoms with Gasteiger partial charge in [-0.15, -0.1) is 0 Å². The molecule has 2 nitrogen and oxygen atoms in total. The second-order valence-electron chi connectivity index (χ2n) is 3.41. The molecule has 2 atom stereocenters. The van der Waals surface area contributed by atoms with Crippen molar-refractivity contribution in [3.05, 3.63) is 0 Å². The third-order valence-electron chi connectivity index (χ3n) is 2.57. The van der Waals surface area contributed by atoms with Gasteiger partial charge in [0.15, 0.2) is 0 Å². The highest BCUT2D eigenvalue weighted by molar-refractivity contribution is 4.76. The first-order valence-corrected chi connectivity index (χ1v) is 5.08. The summed E-state index contributed by atoms with van der Waals surface area (Å²) in [5.41, 5.74) is 0. The number of rotatable bonds is 6. The van der Waals surface area contributed by atoms with Gasteiger partial charge >= 0.3 is 0 Å². The maximum atomic E-state index is 9.85. The standard InChI is InChI=1S/C10H23NO/c1-5-9(6-2)10(12)8(4)11-7-3/h8-12H,5-7H2,1-4H3. The fourth-order valence-corrected chi connectivity index (χ4v) is 1.62. The molecule has 0 radical (unpaired) electrons. The van der Waals surface area contributed by atoms with E-state index in [9.17, 15) is 5.11 Å². The van der Waals surface area contributed by atoms with Crippen molar-refractivity contribution in [2.75, 3.05) is 6.54 Å². The summed E-state index contributed by atoms with van der Waals surface area (Å²) in [5, 5.41) is 13.1. The summed E-state index contributed by atoms with van der Waals surface area (Å²) in [6.45, 7) is 9.31. The molecule has 2 unspecified atom stereocenters. The van der Waals surface area contributed by atoms with E-state index in [1.165, 1.54) is 0 Å². The first-order valence-electron chi connectivity index (χ1n) is 5.08. The van der Waals surface area contributed by atoms with Crippen LogP contribution in [0.15, 0.2) is 0 Å². The van der Waals surface area contributed by atoms with Gasteiger partial charge in [0.1, 0.15) is 0 Å². The molecule has 0 rings (SSSR count). The van der Waals surface area contributed by atoms with E-state index in [0.29, 0.717) is 5.92 Å². The summed E-state index contributed by atoms with van der Waals surface area (Å²) < 4.78 is 0. The Morgan fingerprint density at radius 2 is 1.67 bits per heavy atom. The van der Waals surface area contributed by atoms with E-state index >= 15 is 0 Å². The Kier molecular flexibility index (Phi) is 6.39. The molecule has 0 aliphatic rings. The Balaban J connectivity index is 3.87. The van der Waals surface area contributed by atoms with Crippen LogP contribution >= 0.6 is 0 Å². The molecule has 2 heteroatoms. The average Bonchev–Trinajstić information content (AvgIpc) is 2.07. The van der Waals surface area contributed by atoms with Crippen LogP contribution < -0.4 is 5.32 Å². The van der Waals surface area contributed by atoms with Gasteiger partial charge in [-0.25, -0.2) is 0 Å². The molecule has 0 aliphatic carbocycles. The van der Waals surface area contributed by atoms with Gasteiger partial charge in [-0.2, -0.15) is 0 Å². The minimum absolute atomic E-state index is 0.194. The van der Waals surface area contributed by atoms with Crippen molar-refractivity contribution in [3.63, 3.8) is 0 Å². The van der Waals surface area contributed by atoms with Gasteiger partial charge in [0.2, 0.25) is 0 Å². The summed E-state index contributed by atoms with van der Waals surface area (Å²) in [4.78, 5) is 0. The van der Waals surface area contributed by atoms with Crippen molar-refractivity contribution >= 4 is 0 Å². The highest BCUT2D eigenvalue weighted by Gasteiger charge is 2.20. The van der Waals surface area contributed by atoms with Gasteiger partial charge in [-0.05, 0) is 19.4 Å². The molecule has 0 fully saturated rings. The quantitative estimate of drug-likeness (QED) is 0.641. The molecule has 0 saturated carbocycles. The molecule has 12 heavy (non-hydrogen) atoms. The lowest BCUT2D eigenvalue weighted by Crippen LogP contribution is -2.41. The van der Waals surface area contributed by atoms with E-state index in [0.717, 1.165) is 19.4 Å². The maximum Gasteiger partial charge on any atom is 0.0718 e. The number of nitrogens with one attached hydrogen (secondary N) is 1. The molecular formula is C10H23NO. The van der Waals surface area contributed by atoms with Crippen LogP contribution in [0.3, 0.4) is 0 Å². The topological polar surface area (TPSA) is 32.3 Å². The highest BCUT2D eigenvalue weighted by Crippen LogP contribution is 2.15. The second kappa shape index (κ2) is 6.44. The van der Waals surface area contributed by atoms with Gasteiger partial charge in [0.05, 0.1) is 6.10 Å². The molecule has 0 aromatic carbocycles. The van der Waals surface area contributed by atoms with Crippen LogP contribution in [0.2, 0.25) is 0 Å². The Morgan fingerprint density at radius 1 is 1.17 bits per heavy atom. The van der Waals surface area contributed by atoms with Gasteiger partial charge < -0.3 is 10.4 Å². The zero-order valence-electron chi connectivity index (χ0n) is 8.80. The number of likely N-dealkylation sites (N-methyl/N-ethyl adjacent to an activating group) is 1. The van der Waals surface area contributed by atoms with Crippen LogP contribution in [0.4, 0.5) is 0 Å². The smallest absolute Gasteiger partial charge is 0.0718 e. The van der Waals surface area contributed by atoms with E-state index in [1.54, 1.807) is 0 Å². The third kappa shape index (κ3) is 3.55. The van der Waals surface area contributed by atoms with E-state index in [2.05, 4.69) is 26.1 Å². The lowest BCUT2D eigenvalue weighted by Gasteiger charge is -2.26. The SMILES string of the molecule is CCNC(C)C(O)C(CC)CC. The minimum atomic E-state index is -0.194. The Labute approximate surface area is 76.4 Å². The summed E-state index contributed by atoms with van der Waals surface area (Å²) in [6.07, 6.45) is 1.93. The van der Waals surface area contributed by atoms with Crippen LogP contribution in [0.1, 0.15) is 40.5 Å². The van der Waals surface area contributed by atoms with Crippen LogP contribution in [0, 0.1) is 5.92 Å². The summed E-state index contributed by atoms with van der Waals surface area (Å²) in [6, 6.07) is 0.222. The van der Waals surface area contributed by atoms with E-state index < -0.39 is 0 Å². The van der Waals surface area contributed by atoms with Crippen molar-refractivity contribution in [2.45, 2.75) is 52.7 Å². The van der Waals surface area contributed by atoms with Crippen molar-refractivity contribution in [2.24, 2.45) is 5.92 Å². The van der Waals surface area contributed by atoms with E-state index in [-0.39, 0.29) is 12.1 Å². The first kappa shape index (κ1) is 11.9. The normalized spacial score (nSPS) is 16.5.